The molecule has 0 N–H and O–H groups in total. The zero-order valence-electron chi connectivity index (χ0n) is 82.8. The highest BCUT2D eigenvalue weighted by atomic mass is 16.4. The molecule has 0 amide bonds. The zero-order chi connectivity index (χ0) is 94.6. The second-order valence-electron chi connectivity index (χ2n) is 36.4. The van der Waals surface area contributed by atoms with Crippen LogP contribution in [0, 0.1) is 78.9 Å². The van der Waals surface area contributed by atoms with E-state index in [1.54, 1.807) is 24.3 Å². The fourth-order valence-electron chi connectivity index (χ4n) is 18.4. The second-order valence-corrected chi connectivity index (χ2v) is 36.4. The minimum atomic E-state index is -2.29. The van der Waals surface area contributed by atoms with Crippen LogP contribution in [-0.4, -0.2) is 19.9 Å². The molecule has 12 nitrogen and oxygen atoms in total. The average molecular weight is 1690 g/mol. The number of aromatic nitrogens is 8. The van der Waals surface area contributed by atoms with Crippen LogP contribution in [0.2, 0.25) is 0 Å². The van der Waals surface area contributed by atoms with Crippen molar-refractivity contribution in [1.29, 1.82) is 0 Å². The molecule has 12 heterocycles. The number of benzene rings is 8. The monoisotopic (exact) mass is 1690 g/mol. The molecule has 0 atom stereocenters. The summed E-state index contributed by atoms with van der Waals surface area (Å²) in [5.74, 6) is 2.48. The maximum Gasteiger partial charge on any atom is 0.227 e. The second kappa shape index (κ2) is 36.3. The number of furan rings is 4. The van der Waals surface area contributed by atoms with E-state index in [4.69, 9.17) is 25.9 Å². The van der Waals surface area contributed by atoms with Crippen LogP contribution in [0.25, 0.3) is 178 Å². The molecule has 12 aromatic heterocycles. The van der Waals surface area contributed by atoms with E-state index in [0.29, 0.717) is 46.5 Å². The van der Waals surface area contributed by atoms with E-state index in [0.717, 1.165) is 175 Å². The van der Waals surface area contributed by atoms with Gasteiger partial charge in [0.2, 0.25) is 45.6 Å². The van der Waals surface area contributed by atoms with Gasteiger partial charge in [0.25, 0.3) is 0 Å². The van der Waals surface area contributed by atoms with Crippen LogP contribution >= 0.6 is 0 Å². The number of nitrogens with zero attached hydrogens (tertiary/aromatic N) is 8. The van der Waals surface area contributed by atoms with E-state index in [1.807, 2.05) is 58.4 Å². The number of fused-ring (bicyclic) bond motifs is 12. The molecule has 0 unspecified atom stereocenters. The fraction of sp³-hybridized carbons (Fsp3) is 0.241. The van der Waals surface area contributed by atoms with Gasteiger partial charge in [0.05, 0.1) is 33.4 Å². The number of hydrogen-bond donors (Lipinski definition) is 0. The first-order valence-electron chi connectivity index (χ1n) is 47.7. The van der Waals surface area contributed by atoms with Gasteiger partial charge in [-0.25, -0.2) is 38.2 Å². The van der Waals surface area contributed by atoms with Gasteiger partial charge in [-0.1, -0.05) is 201 Å². The highest BCUT2D eigenvalue weighted by molar-refractivity contribution is 6.13. The highest BCUT2D eigenvalue weighted by Gasteiger charge is 2.30. The topological polar surface area (TPSA) is 120 Å². The third kappa shape index (κ3) is 17.7. The third-order valence-electron chi connectivity index (χ3n) is 24.4. The average Bonchev–Trinajstić information content (AvgIpc) is 1.61. The fourth-order valence-corrected chi connectivity index (χ4v) is 18.4. The summed E-state index contributed by atoms with van der Waals surface area (Å²) in [7, 11) is 8.29. The molecule has 0 saturated heterocycles. The van der Waals surface area contributed by atoms with Crippen LogP contribution in [0.3, 0.4) is 0 Å². The van der Waals surface area contributed by atoms with Crippen LogP contribution in [0.5, 0.6) is 0 Å². The molecular weight excluding hydrogens is 1570 g/mol. The van der Waals surface area contributed by atoms with Crippen molar-refractivity contribution in [2.24, 2.45) is 51.9 Å². The first-order chi connectivity index (χ1) is 64.1. The molecule has 20 rings (SSSR count). The first-order valence-corrected chi connectivity index (χ1v) is 44.7. The molecule has 0 saturated carbocycles. The Morgan fingerprint density at radius 1 is 0.273 bits per heavy atom. The smallest absolute Gasteiger partial charge is 0.227 e. The van der Waals surface area contributed by atoms with Crippen LogP contribution < -0.4 is 18.3 Å². The van der Waals surface area contributed by atoms with E-state index < -0.39 is 13.7 Å². The molecule has 0 aliphatic rings. The molecule has 128 heavy (non-hydrogen) atoms. The Morgan fingerprint density at radius 2 is 0.617 bits per heavy atom. The lowest BCUT2D eigenvalue weighted by atomic mass is 9.92. The van der Waals surface area contributed by atoms with Gasteiger partial charge in [-0.05, 0) is 244 Å². The summed E-state index contributed by atoms with van der Waals surface area (Å²) < 4.78 is 80.1. The van der Waals surface area contributed by atoms with Gasteiger partial charge in [-0.2, -0.15) is 0 Å². The van der Waals surface area contributed by atoms with Crippen LogP contribution in [-0.2, 0) is 53.9 Å². The number of aryl methyl sites for hydroxylation is 12. The van der Waals surface area contributed by atoms with Crippen molar-refractivity contribution in [2.75, 3.05) is 0 Å². The lowest BCUT2D eigenvalue weighted by Gasteiger charge is -2.12. The lowest BCUT2D eigenvalue weighted by Crippen LogP contribution is -2.31. The van der Waals surface area contributed by atoms with Crippen molar-refractivity contribution in [3.8, 4) is 89.5 Å². The quantitative estimate of drug-likeness (QED) is 0.0878. The van der Waals surface area contributed by atoms with Crippen molar-refractivity contribution in [1.82, 2.24) is 19.9 Å². The van der Waals surface area contributed by atoms with Gasteiger partial charge in [-0.15, -0.1) is 0 Å². The van der Waals surface area contributed by atoms with E-state index in [-0.39, 0.29) is 11.4 Å². The normalized spacial score (nSPS) is 12.6. The summed E-state index contributed by atoms with van der Waals surface area (Å²) in [5.41, 5.74) is 35.4. The van der Waals surface area contributed by atoms with E-state index in [2.05, 4.69) is 348 Å². The Hall–Kier alpha value is -13.8. The molecule has 20 aromatic rings. The lowest BCUT2D eigenvalue weighted by molar-refractivity contribution is -0.660. The van der Waals surface area contributed by atoms with Crippen molar-refractivity contribution in [3.63, 3.8) is 0 Å². The number of pyridine rings is 8. The van der Waals surface area contributed by atoms with E-state index in [1.165, 1.54) is 61.2 Å². The predicted molar refractivity (Wildman–Crippen MR) is 526 cm³/mol. The zero-order valence-corrected chi connectivity index (χ0v) is 76.8. The Bertz CT molecular complexity index is 7880. The van der Waals surface area contributed by atoms with E-state index in [9.17, 15) is 0 Å². The molecular formula is C116H116N8O4+4. The maximum absolute atomic E-state index is 7.72. The molecule has 0 aliphatic heterocycles. The van der Waals surface area contributed by atoms with Crippen LogP contribution in [0.1, 0.15) is 131 Å². The summed E-state index contributed by atoms with van der Waals surface area (Å²) in [6.45, 7) is 25.9. The van der Waals surface area contributed by atoms with Crippen LogP contribution in [0.4, 0.5) is 0 Å². The summed E-state index contributed by atoms with van der Waals surface area (Å²) in [5, 5.41) is 7.82. The van der Waals surface area contributed by atoms with E-state index >= 15 is 0 Å². The molecule has 0 spiro atoms. The molecule has 8 aromatic carbocycles. The molecule has 0 fully saturated rings. The summed E-state index contributed by atoms with van der Waals surface area (Å²) in [6, 6.07) is 84.6. The SMILES string of the molecule is Cc1ccc2c(n1)oc1c(-c3c(-c4cccc(CC(C)C)c4)ccc[n+]3C)c(C)ccc12.Cc1ccc2c(n1)oc1c(-c3ccc(-c4cccc(CC(C)C)c4)c[n+]3C)c(C)ccc12.[2H]C([2H])([2H])c1ccc2c(n1)oc1c(-c3c(-c4ccc(CC(C)C)cc4)ccc[n+]3C)c(C)ccc12.[2H]C([2H])([2H])c1ccc2c(n1)oc1c(-c3cc(-c4cccc(CC(C)C)c4)cc[n+]3C)c(C)ccc12. The predicted octanol–water partition coefficient (Wildman–Crippen LogP) is 27.8. The van der Waals surface area contributed by atoms with Gasteiger partial charge < -0.3 is 17.7 Å². The molecule has 0 radical (unpaired) electrons. The third-order valence-corrected chi connectivity index (χ3v) is 24.4. The standard InChI is InChI=1S/4C29H29N2O/c1-18(2)16-21-8-6-9-22(17-21)23-10-7-15-31(5)27(23)26-19(3)11-13-24-25-14-12-20(4)30-29(25)32-28(24)26;1-18(2)17-21-10-12-22(13-11-21)23-7-6-16-31(5)27(23)26-19(3)8-14-24-25-15-9-20(4)30-29(25)32-28(24)26;1-18(2)15-21-7-6-8-22(16-21)23-11-14-26(31(5)17-23)27-19(3)9-12-24-25-13-10-20(4)30-29(25)32-28(24)27;1-18(2)15-21-7-6-8-22(16-21)23-13-14-31(5)26(17-23)27-19(3)9-11-24-25-12-10-20(4)30-29(25)32-28(24)27/h6-15,17-18H,16H2,1-5H3;6-16,18H,17H2,1-5H3;2*6-14,16-18H,15H2,1-5H3/q4*+1/i;4D3;;4D3. The highest BCUT2D eigenvalue weighted by Crippen LogP contribution is 2.45. The Morgan fingerprint density at radius 3 is 1.04 bits per heavy atom. The van der Waals surface area contributed by atoms with Gasteiger partial charge in [0.15, 0.2) is 47.1 Å². The molecule has 0 aliphatic carbocycles. The van der Waals surface area contributed by atoms with Crippen molar-refractivity contribution in [2.45, 2.75) is 136 Å². The minimum Gasteiger partial charge on any atom is -0.437 e. The number of hydrogen-bond acceptors (Lipinski definition) is 8. The maximum atomic E-state index is 7.72. The summed E-state index contributed by atoms with van der Waals surface area (Å²) >= 11 is 0. The first kappa shape index (κ1) is 78.8. The molecule has 12 heteroatoms. The van der Waals surface area contributed by atoms with Crippen LogP contribution in [0.15, 0.2) is 285 Å². The van der Waals surface area contributed by atoms with Crippen molar-refractivity contribution < 1.29 is 44.2 Å². The summed E-state index contributed by atoms with van der Waals surface area (Å²) in [6.07, 6.45) is 12.7. The summed E-state index contributed by atoms with van der Waals surface area (Å²) in [4.78, 5) is 17.9. The van der Waals surface area contributed by atoms with Gasteiger partial charge in [0, 0.05) is 110 Å². The van der Waals surface area contributed by atoms with Gasteiger partial charge in [0.1, 0.15) is 28.2 Å². The van der Waals surface area contributed by atoms with Crippen molar-refractivity contribution >= 4 is 88.3 Å². The molecule has 0 bridgehead atoms. The number of rotatable bonds is 16. The Kier molecular flexibility index (Phi) is 22.3. The largest absolute Gasteiger partial charge is 0.437 e. The van der Waals surface area contributed by atoms with Gasteiger partial charge in [-0.3, -0.25) is 0 Å². The van der Waals surface area contributed by atoms with Gasteiger partial charge >= 0.3 is 0 Å². The molecule has 640 valence electrons. The Labute approximate surface area is 760 Å². The minimum absolute atomic E-state index is 0.0368. The van der Waals surface area contributed by atoms with Crippen molar-refractivity contribution in [3.05, 3.63) is 335 Å². The Balaban J connectivity index is 0.000000124.